The van der Waals surface area contributed by atoms with Crippen molar-refractivity contribution >= 4 is 34.7 Å². The lowest BCUT2D eigenvalue weighted by Gasteiger charge is -2.26. The number of carbonyl (C=O) groups excluding carboxylic acids is 1. The van der Waals surface area contributed by atoms with Crippen LogP contribution in [-0.4, -0.2) is 35.7 Å². The van der Waals surface area contributed by atoms with E-state index in [9.17, 15) is 14.7 Å². The van der Waals surface area contributed by atoms with Crippen LogP contribution in [0.4, 0.5) is 4.79 Å². The van der Waals surface area contributed by atoms with Crippen LogP contribution in [0.1, 0.15) is 43.7 Å². The van der Waals surface area contributed by atoms with Crippen LogP contribution in [0, 0.1) is 3.57 Å². The Kier molecular flexibility index (Phi) is 8.95. The van der Waals surface area contributed by atoms with E-state index < -0.39 is 11.4 Å². The fraction of sp³-hybridized carbons (Fsp3) is 0.391. The molecule has 0 heterocycles. The molecule has 0 bridgehead atoms. The molecule has 0 saturated carbocycles. The van der Waals surface area contributed by atoms with E-state index in [2.05, 4.69) is 22.6 Å². The molecule has 0 aliphatic heterocycles. The monoisotopic (exact) mass is 509 g/mol. The molecule has 156 valence electrons. The van der Waals surface area contributed by atoms with E-state index >= 15 is 0 Å². The van der Waals surface area contributed by atoms with E-state index in [4.69, 9.17) is 4.74 Å². The molecule has 0 unspecified atom stereocenters. The van der Waals surface area contributed by atoms with Crippen molar-refractivity contribution in [2.45, 2.75) is 44.6 Å². The molecule has 0 fully saturated rings. The molecule has 6 heteroatoms. The number of hydrogen-bond donors (Lipinski definition) is 1. The van der Waals surface area contributed by atoms with Gasteiger partial charge >= 0.3 is 12.1 Å². The number of nitrogens with zero attached hydrogens (tertiary/aromatic N) is 1. The Bertz CT molecular complexity index is 812. The van der Waals surface area contributed by atoms with Crippen LogP contribution in [0.5, 0.6) is 0 Å². The minimum atomic E-state index is -0.901. The van der Waals surface area contributed by atoms with Gasteiger partial charge in [-0.2, -0.15) is 0 Å². The van der Waals surface area contributed by atoms with Crippen molar-refractivity contribution in [3.8, 4) is 0 Å². The zero-order chi connectivity index (χ0) is 21.3. The van der Waals surface area contributed by atoms with E-state index in [1.165, 1.54) is 0 Å². The van der Waals surface area contributed by atoms with Crippen LogP contribution >= 0.6 is 22.6 Å². The molecule has 2 rings (SSSR count). The third-order valence-corrected chi connectivity index (χ3v) is 5.79. The lowest BCUT2D eigenvalue weighted by atomic mass is 9.78. The SMILES string of the molecule is CN(CCCCC[C@@](C)(C(=O)O)c1cccc(I)c1)C(=O)OCc1ccccc1. The van der Waals surface area contributed by atoms with Crippen LogP contribution in [0.15, 0.2) is 54.6 Å². The smallest absolute Gasteiger partial charge is 0.409 e. The maximum atomic E-state index is 12.1. The van der Waals surface area contributed by atoms with Crippen LogP contribution in [0.25, 0.3) is 0 Å². The maximum Gasteiger partial charge on any atom is 0.409 e. The third kappa shape index (κ3) is 7.03. The number of carboxylic acid groups (broad SMARTS) is 1. The summed E-state index contributed by atoms with van der Waals surface area (Å²) < 4.78 is 6.34. The lowest BCUT2D eigenvalue weighted by molar-refractivity contribution is -0.143. The number of ether oxygens (including phenoxy) is 1. The summed E-state index contributed by atoms with van der Waals surface area (Å²) in [5, 5.41) is 9.78. The number of halogens is 1. The van der Waals surface area contributed by atoms with Gasteiger partial charge in [-0.25, -0.2) is 4.79 Å². The zero-order valence-corrected chi connectivity index (χ0v) is 19.1. The second-order valence-electron chi connectivity index (χ2n) is 7.42. The minimum Gasteiger partial charge on any atom is -0.481 e. The van der Waals surface area contributed by atoms with E-state index in [1.807, 2.05) is 54.6 Å². The normalized spacial score (nSPS) is 12.8. The maximum absolute atomic E-state index is 12.1. The van der Waals surface area contributed by atoms with Crippen molar-refractivity contribution < 1.29 is 19.4 Å². The van der Waals surface area contributed by atoms with Crippen molar-refractivity contribution in [2.24, 2.45) is 0 Å². The van der Waals surface area contributed by atoms with Crippen molar-refractivity contribution in [3.05, 3.63) is 69.3 Å². The summed E-state index contributed by atoms with van der Waals surface area (Å²) in [5.41, 5.74) is 0.887. The summed E-state index contributed by atoms with van der Waals surface area (Å²) in [7, 11) is 1.72. The number of carbonyl (C=O) groups is 2. The molecule has 1 N–H and O–H groups in total. The van der Waals surface area contributed by atoms with Gasteiger partial charge in [0.15, 0.2) is 0 Å². The summed E-state index contributed by atoms with van der Waals surface area (Å²) in [6.45, 7) is 2.63. The Balaban J connectivity index is 1.74. The number of unbranched alkanes of at least 4 members (excludes halogenated alkanes) is 2. The largest absolute Gasteiger partial charge is 0.481 e. The molecule has 0 aliphatic carbocycles. The van der Waals surface area contributed by atoms with Crippen molar-refractivity contribution in [1.29, 1.82) is 0 Å². The summed E-state index contributed by atoms with van der Waals surface area (Å²) in [6.07, 6.45) is 2.65. The lowest BCUT2D eigenvalue weighted by Crippen LogP contribution is -2.32. The van der Waals surface area contributed by atoms with Crippen LogP contribution in [0.3, 0.4) is 0 Å². The first-order valence-electron chi connectivity index (χ1n) is 9.74. The first-order valence-corrected chi connectivity index (χ1v) is 10.8. The van der Waals surface area contributed by atoms with E-state index in [1.54, 1.807) is 18.9 Å². The van der Waals surface area contributed by atoms with Gasteiger partial charge in [0.05, 0.1) is 5.41 Å². The van der Waals surface area contributed by atoms with Gasteiger partial charge in [0.1, 0.15) is 6.61 Å². The third-order valence-electron chi connectivity index (χ3n) is 5.12. The van der Waals surface area contributed by atoms with E-state index in [-0.39, 0.29) is 12.7 Å². The molecule has 2 aromatic rings. The topological polar surface area (TPSA) is 66.8 Å². The second-order valence-corrected chi connectivity index (χ2v) is 8.67. The molecule has 0 spiro atoms. The summed E-state index contributed by atoms with van der Waals surface area (Å²) in [5.74, 6) is -0.805. The van der Waals surface area contributed by atoms with Gasteiger partial charge in [0.25, 0.3) is 0 Å². The van der Waals surface area contributed by atoms with Crippen LogP contribution < -0.4 is 0 Å². The first-order chi connectivity index (χ1) is 13.8. The van der Waals surface area contributed by atoms with Crippen molar-refractivity contribution in [2.75, 3.05) is 13.6 Å². The Morgan fingerprint density at radius 1 is 1.07 bits per heavy atom. The first kappa shape index (κ1) is 23.2. The predicted octanol–water partition coefficient (Wildman–Crippen LogP) is 5.46. The summed E-state index contributed by atoms with van der Waals surface area (Å²) >= 11 is 2.20. The zero-order valence-electron chi connectivity index (χ0n) is 16.9. The highest BCUT2D eigenvalue weighted by molar-refractivity contribution is 14.1. The molecule has 2 aromatic carbocycles. The fourth-order valence-corrected chi connectivity index (χ4v) is 3.67. The molecular weight excluding hydrogens is 481 g/mol. The number of aliphatic carboxylic acids is 1. The molecule has 5 nitrogen and oxygen atoms in total. The van der Waals surface area contributed by atoms with Crippen LogP contribution in [-0.2, 0) is 21.6 Å². The minimum absolute atomic E-state index is 0.261. The molecule has 0 saturated heterocycles. The van der Waals surface area contributed by atoms with E-state index in [0.717, 1.165) is 34.0 Å². The molecule has 1 amide bonds. The Morgan fingerprint density at radius 2 is 1.79 bits per heavy atom. The predicted molar refractivity (Wildman–Crippen MR) is 122 cm³/mol. The molecular formula is C23H28INO4. The number of hydrogen-bond acceptors (Lipinski definition) is 3. The van der Waals surface area contributed by atoms with Gasteiger partial charge in [-0.1, -0.05) is 55.3 Å². The highest BCUT2D eigenvalue weighted by Crippen LogP contribution is 2.31. The van der Waals surface area contributed by atoms with Gasteiger partial charge in [-0.05, 0) is 65.6 Å². The number of rotatable bonds is 10. The van der Waals surface area contributed by atoms with Gasteiger partial charge < -0.3 is 14.7 Å². The summed E-state index contributed by atoms with van der Waals surface area (Å²) in [4.78, 5) is 25.6. The number of carboxylic acids is 1. The highest BCUT2D eigenvalue weighted by atomic mass is 127. The van der Waals surface area contributed by atoms with Gasteiger partial charge in [0, 0.05) is 17.2 Å². The van der Waals surface area contributed by atoms with Gasteiger partial charge in [-0.15, -0.1) is 0 Å². The molecule has 0 aliphatic rings. The number of benzene rings is 2. The van der Waals surface area contributed by atoms with Crippen molar-refractivity contribution in [1.82, 2.24) is 4.90 Å². The van der Waals surface area contributed by atoms with Crippen molar-refractivity contribution in [3.63, 3.8) is 0 Å². The van der Waals surface area contributed by atoms with Gasteiger partial charge in [-0.3, -0.25) is 4.79 Å². The highest BCUT2D eigenvalue weighted by Gasteiger charge is 2.34. The second kappa shape index (κ2) is 11.2. The molecule has 29 heavy (non-hydrogen) atoms. The molecule has 1 atom stereocenters. The Morgan fingerprint density at radius 3 is 2.45 bits per heavy atom. The van der Waals surface area contributed by atoms with Crippen LogP contribution in [0.2, 0.25) is 0 Å². The quantitative estimate of drug-likeness (QED) is 0.341. The Hall–Kier alpha value is -2.09. The fourth-order valence-electron chi connectivity index (χ4n) is 3.13. The average molecular weight is 509 g/mol. The van der Waals surface area contributed by atoms with Gasteiger partial charge in [0.2, 0.25) is 0 Å². The summed E-state index contributed by atoms with van der Waals surface area (Å²) in [6, 6.07) is 17.2. The van der Waals surface area contributed by atoms with E-state index in [0.29, 0.717) is 13.0 Å². The standard InChI is InChI=1S/C23H28INO4/c1-23(21(26)27,19-12-9-13-20(24)16-19)14-7-4-8-15-25(2)22(28)29-17-18-10-5-3-6-11-18/h3,5-6,9-13,16H,4,7-8,14-15,17H2,1-2H3,(H,26,27)/t23-/m1/s1. The average Bonchev–Trinajstić information content (AvgIpc) is 2.72. The molecule has 0 radical (unpaired) electrons. The number of amides is 1. The Labute approximate surface area is 186 Å². The molecule has 0 aromatic heterocycles.